The number of halogens is 3. The Bertz CT molecular complexity index is 822. The van der Waals surface area contributed by atoms with Crippen LogP contribution in [0.15, 0.2) is 30.3 Å². The third-order valence-electron chi connectivity index (χ3n) is 5.25. The Kier molecular flexibility index (Phi) is 8.06. The zero-order chi connectivity index (χ0) is 25.1. The molecular formula is C23H32F3NO6. The van der Waals surface area contributed by atoms with Gasteiger partial charge in [0.1, 0.15) is 11.3 Å². The van der Waals surface area contributed by atoms with Crippen LogP contribution in [0.5, 0.6) is 0 Å². The van der Waals surface area contributed by atoms with Gasteiger partial charge in [0.2, 0.25) is 0 Å². The van der Waals surface area contributed by atoms with Crippen LogP contribution in [-0.2, 0) is 29.3 Å². The first kappa shape index (κ1) is 26.9. The van der Waals surface area contributed by atoms with Crippen molar-refractivity contribution in [2.75, 3.05) is 20.3 Å². The first-order valence-electron chi connectivity index (χ1n) is 10.7. The summed E-state index contributed by atoms with van der Waals surface area (Å²) in [5, 5.41) is 0. The highest BCUT2D eigenvalue weighted by Gasteiger charge is 2.64. The molecule has 0 unspecified atom stereocenters. The Morgan fingerprint density at radius 2 is 1.76 bits per heavy atom. The number of hydrogen-bond donors (Lipinski definition) is 0. The Morgan fingerprint density at radius 3 is 2.27 bits per heavy atom. The van der Waals surface area contributed by atoms with E-state index in [1.54, 1.807) is 34.6 Å². The number of carbonyl (C=O) groups is 2. The van der Waals surface area contributed by atoms with Gasteiger partial charge in [0, 0.05) is 12.7 Å². The Balaban J connectivity index is 2.05. The second kappa shape index (κ2) is 9.89. The minimum atomic E-state index is -5.03. The van der Waals surface area contributed by atoms with E-state index >= 15 is 0 Å². The maximum atomic E-state index is 13.9. The van der Waals surface area contributed by atoms with E-state index in [0.29, 0.717) is 6.42 Å². The van der Waals surface area contributed by atoms with Gasteiger partial charge in [-0.05, 0) is 47.5 Å². The first-order chi connectivity index (χ1) is 15.2. The van der Waals surface area contributed by atoms with E-state index in [1.165, 1.54) is 23.1 Å². The molecule has 10 heteroatoms. The Morgan fingerprint density at radius 1 is 1.15 bits per heavy atom. The van der Waals surface area contributed by atoms with Gasteiger partial charge in [0.15, 0.2) is 0 Å². The lowest BCUT2D eigenvalue weighted by molar-refractivity contribution is -0.276. The van der Waals surface area contributed by atoms with Crippen molar-refractivity contribution in [1.29, 1.82) is 0 Å². The van der Waals surface area contributed by atoms with Crippen LogP contribution in [0.1, 0.15) is 53.0 Å². The van der Waals surface area contributed by atoms with Crippen molar-refractivity contribution in [3.05, 3.63) is 35.9 Å². The van der Waals surface area contributed by atoms with Gasteiger partial charge in [-0.3, -0.25) is 4.90 Å². The van der Waals surface area contributed by atoms with Crippen molar-refractivity contribution in [2.24, 2.45) is 0 Å². The van der Waals surface area contributed by atoms with Gasteiger partial charge >= 0.3 is 18.2 Å². The number of amides is 1. The maximum Gasteiger partial charge on any atom is 0.432 e. The fraction of sp³-hybridized carbons (Fsp3) is 0.652. The lowest BCUT2D eigenvalue weighted by Gasteiger charge is -2.35. The summed E-state index contributed by atoms with van der Waals surface area (Å²) < 4.78 is 62.7. The van der Waals surface area contributed by atoms with Gasteiger partial charge in [-0.25, -0.2) is 9.59 Å². The fourth-order valence-corrected chi connectivity index (χ4v) is 3.75. The molecule has 0 N–H and O–H groups in total. The lowest BCUT2D eigenvalue weighted by atomic mass is 9.93. The standard InChI is InChI=1S/C23H32F3NO6/c1-20(2,3)33-19(29)27-17(15-32-21(27,4)5)13-10-14-31-18(28)22(30-6,23(24,25)26)16-11-8-7-9-12-16/h7-9,11-12,17H,10,13-15H2,1-6H3/t17-,22+/m0/s1. The molecule has 1 aromatic rings. The average Bonchev–Trinajstić information content (AvgIpc) is 2.99. The topological polar surface area (TPSA) is 74.3 Å². The molecule has 0 aromatic heterocycles. The number of methoxy groups -OCH3 is 1. The molecule has 1 fully saturated rings. The second-order valence-corrected chi connectivity index (χ2v) is 9.29. The van der Waals surface area contributed by atoms with E-state index in [2.05, 4.69) is 0 Å². The van der Waals surface area contributed by atoms with Gasteiger partial charge in [-0.15, -0.1) is 0 Å². The molecular weight excluding hydrogens is 443 g/mol. The van der Waals surface area contributed by atoms with Crippen molar-refractivity contribution in [3.8, 4) is 0 Å². The molecule has 1 aliphatic rings. The highest BCUT2D eigenvalue weighted by atomic mass is 19.4. The molecule has 0 aliphatic carbocycles. The summed E-state index contributed by atoms with van der Waals surface area (Å²) in [5.41, 5.74) is -5.20. The van der Waals surface area contributed by atoms with Crippen molar-refractivity contribution in [1.82, 2.24) is 4.90 Å². The number of alkyl halides is 3. The van der Waals surface area contributed by atoms with Gasteiger partial charge in [-0.2, -0.15) is 13.2 Å². The number of carbonyl (C=O) groups excluding carboxylic acids is 2. The predicted octanol–water partition coefficient (Wildman–Crippen LogP) is 4.79. The zero-order valence-corrected chi connectivity index (χ0v) is 19.8. The summed E-state index contributed by atoms with van der Waals surface area (Å²) in [5.74, 6) is -1.55. The van der Waals surface area contributed by atoms with Gasteiger partial charge in [0.25, 0.3) is 5.60 Å². The van der Waals surface area contributed by atoms with Crippen LogP contribution in [0.3, 0.4) is 0 Å². The summed E-state index contributed by atoms with van der Waals surface area (Å²) in [7, 11) is 0.818. The van der Waals surface area contributed by atoms with E-state index in [4.69, 9.17) is 18.9 Å². The molecule has 1 aromatic carbocycles. The highest BCUT2D eigenvalue weighted by molar-refractivity contribution is 5.82. The number of hydrogen-bond acceptors (Lipinski definition) is 6. The van der Waals surface area contributed by atoms with Crippen molar-refractivity contribution in [3.63, 3.8) is 0 Å². The number of rotatable bonds is 7. The van der Waals surface area contributed by atoms with Crippen LogP contribution in [-0.4, -0.2) is 60.8 Å². The summed E-state index contributed by atoms with van der Waals surface area (Å²) in [6.07, 6.45) is -5.03. The Hall–Kier alpha value is -2.33. The molecule has 1 aliphatic heterocycles. The van der Waals surface area contributed by atoms with Crippen LogP contribution in [0.25, 0.3) is 0 Å². The molecule has 1 amide bonds. The first-order valence-corrected chi connectivity index (χ1v) is 10.7. The van der Waals surface area contributed by atoms with E-state index in [-0.39, 0.29) is 31.2 Å². The number of benzene rings is 1. The molecule has 2 rings (SSSR count). The minimum absolute atomic E-state index is 0.210. The van der Waals surface area contributed by atoms with Crippen LogP contribution in [0, 0.1) is 0 Å². The normalized spacial score (nSPS) is 20.3. The third kappa shape index (κ3) is 5.97. The lowest BCUT2D eigenvalue weighted by Crippen LogP contribution is -2.52. The van der Waals surface area contributed by atoms with Crippen molar-refractivity contribution in [2.45, 2.75) is 76.6 Å². The summed E-state index contributed by atoms with van der Waals surface area (Å²) in [6.45, 7) is 8.65. The quantitative estimate of drug-likeness (QED) is 0.417. The van der Waals surface area contributed by atoms with Crippen molar-refractivity contribution < 1.29 is 41.7 Å². The maximum absolute atomic E-state index is 13.9. The summed E-state index contributed by atoms with van der Waals surface area (Å²) >= 11 is 0. The van der Waals surface area contributed by atoms with Crippen LogP contribution in [0.4, 0.5) is 18.0 Å². The molecule has 33 heavy (non-hydrogen) atoms. The second-order valence-electron chi connectivity index (χ2n) is 9.29. The van der Waals surface area contributed by atoms with E-state index < -0.39 is 35.2 Å². The molecule has 0 saturated carbocycles. The molecule has 0 bridgehead atoms. The van der Waals surface area contributed by atoms with Gasteiger partial charge in [0.05, 0.1) is 19.3 Å². The number of nitrogens with zero attached hydrogens (tertiary/aromatic N) is 1. The molecule has 2 atom stereocenters. The monoisotopic (exact) mass is 475 g/mol. The Labute approximate surface area is 192 Å². The molecule has 1 heterocycles. The predicted molar refractivity (Wildman–Crippen MR) is 113 cm³/mol. The highest BCUT2D eigenvalue weighted by Crippen LogP contribution is 2.43. The van der Waals surface area contributed by atoms with Gasteiger partial charge in [-0.1, -0.05) is 30.3 Å². The summed E-state index contributed by atoms with van der Waals surface area (Å²) in [6, 6.07) is 6.25. The average molecular weight is 476 g/mol. The largest absolute Gasteiger partial charge is 0.463 e. The number of esters is 1. The van der Waals surface area contributed by atoms with Crippen LogP contribution < -0.4 is 0 Å². The van der Waals surface area contributed by atoms with E-state index in [1.807, 2.05) is 0 Å². The van der Waals surface area contributed by atoms with E-state index in [9.17, 15) is 22.8 Å². The molecule has 0 spiro atoms. The molecule has 0 radical (unpaired) electrons. The van der Waals surface area contributed by atoms with Gasteiger partial charge < -0.3 is 18.9 Å². The van der Waals surface area contributed by atoms with E-state index in [0.717, 1.165) is 19.2 Å². The van der Waals surface area contributed by atoms with Crippen LogP contribution in [0.2, 0.25) is 0 Å². The number of ether oxygens (including phenoxy) is 4. The fourth-order valence-electron chi connectivity index (χ4n) is 3.75. The van der Waals surface area contributed by atoms with Crippen LogP contribution >= 0.6 is 0 Å². The molecule has 186 valence electrons. The third-order valence-corrected chi connectivity index (χ3v) is 5.25. The smallest absolute Gasteiger partial charge is 0.432 e. The minimum Gasteiger partial charge on any atom is -0.463 e. The summed E-state index contributed by atoms with van der Waals surface area (Å²) in [4.78, 5) is 26.7. The molecule has 1 saturated heterocycles. The van der Waals surface area contributed by atoms with Crippen molar-refractivity contribution >= 4 is 12.1 Å². The SMILES string of the molecule is CO[C@@](C(=O)OCCC[C@H]1COC(C)(C)N1C(=O)OC(C)(C)C)(c1ccccc1)C(F)(F)F. The zero-order valence-electron chi connectivity index (χ0n) is 19.8. The molecule has 7 nitrogen and oxygen atoms in total.